The fourth-order valence-electron chi connectivity index (χ4n) is 3.23. The van der Waals surface area contributed by atoms with Crippen LogP contribution in [0.3, 0.4) is 0 Å². The van der Waals surface area contributed by atoms with Crippen LogP contribution < -0.4 is 16.4 Å². The highest BCUT2D eigenvalue weighted by atomic mass is 16.4. The zero-order valence-electron chi connectivity index (χ0n) is 16.5. The number of carbonyl (C=O) groups is 3. The molecule has 150 valence electrons. The third-order valence-corrected chi connectivity index (χ3v) is 5.77. The zero-order valence-corrected chi connectivity index (χ0v) is 16.5. The van der Waals surface area contributed by atoms with Gasteiger partial charge in [0.1, 0.15) is 11.6 Å². The van der Waals surface area contributed by atoms with Gasteiger partial charge in [-0.25, -0.2) is 0 Å². The van der Waals surface area contributed by atoms with Gasteiger partial charge in [-0.3, -0.25) is 14.4 Å². The summed E-state index contributed by atoms with van der Waals surface area (Å²) in [5.74, 6) is 0.574. The van der Waals surface area contributed by atoms with E-state index in [4.69, 9.17) is 10.8 Å². The van der Waals surface area contributed by atoms with Crippen molar-refractivity contribution in [1.82, 2.24) is 10.6 Å². The molecule has 0 unspecified atom stereocenters. The van der Waals surface area contributed by atoms with E-state index in [1.54, 1.807) is 13.8 Å². The number of nitrogens with two attached hydrogens (primary N) is 1. The summed E-state index contributed by atoms with van der Waals surface area (Å²) in [6.07, 6.45) is 5.51. The van der Waals surface area contributed by atoms with Crippen LogP contribution in [0.25, 0.3) is 0 Å². The van der Waals surface area contributed by atoms with Gasteiger partial charge in [-0.05, 0) is 66.5 Å². The molecule has 0 amide bonds. The van der Waals surface area contributed by atoms with Crippen molar-refractivity contribution in [2.75, 3.05) is 14.1 Å². The lowest BCUT2D eigenvalue weighted by molar-refractivity contribution is -0.145. The van der Waals surface area contributed by atoms with Crippen LogP contribution in [-0.4, -0.2) is 54.9 Å². The molecule has 0 aliphatic heterocycles. The van der Waals surface area contributed by atoms with Crippen LogP contribution in [0.1, 0.15) is 52.4 Å². The van der Waals surface area contributed by atoms with Gasteiger partial charge in [0.25, 0.3) is 0 Å². The van der Waals surface area contributed by atoms with Crippen LogP contribution in [0.4, 0.5) is 0 Å². The van der Waals surface area contributed by atoms with Crippen LogP contribution in [0.15, 0.2) is 0 Å². The highest BCUT2D eigenvalue weighted by Gasteiger charge is 2.33. The molecule has 0 radical (unpaired) electrons. The van der Waals surface area contributed by atoms with Crippen molar-refractivity contribution in [3.8, 4) is 0 Å². The number of carboxylic acids is 1. The second-order valence-corrected chi connectivity index (χ2v) is 7.80. The summed E-state index contributed by atoms with van der Waals surface area (Å²) < 4.78 is 0. The summed E-state index contributed by atoms with van der Waals surface area (Å²) in [5, 5.41) is 14.6. The molecule has 3 rings (SSSR count). The van der Waals surface area contributed by atoms with Gasteiger partial charge in [0.2, 0.25) is 0 Å². The Balaban J connectivity index is 0.000000195. The highest BCUT2D eigenvalue weighted by molar-refractivity contribution is 5.79. The molecule has 7 heteroatoms. The summed E-state index contributed by atoms with van der Waals surface area (Å²) in [6.45, 7) is 3.31. The van der Waals surface area contributed by atoms with Crippen molar-refractivity contribution in [2.24, 2.45) is 23.5 Å². The predicted octanol–water partition coefficient (Wildman–Crippen LogP) is 0.955. The molecule has 0 aromatic carbocycles. The molecule has 0 spiro atoms. The average molecular weight is 370 g/mol. The summed E-state index contributed by atoms with van der Waals surface area (Å²) in [4.78, 5) is 31.4. The number of rotatable bonds is 5. The van der Waals surface area contributed by atoms with Gasteiger partial charge in [0.05, 0.1) is 5.92 Å². The standard InChI is InChI=1S/C7H13NO.C6H11NO2.C6H11NO/c1-5(9)6-3-7(4-6)8-2;1-7-5-2-4(3-5)6(8)9;1-4(8)5-2-6(7)3-5/h6-8H,3-4H2,1-2H3;4-5,7H,2-3H2,1H3,(H,8,9);5-6H,2-3,7H2,1H3. The van der Waals surface area contributed by atoms with Crippen LogP contribution in [0, 0.1) is 17.8 Å². The van der Waals surface area contributed by atoms with Crippen molar-refractivity contribution < 1.29 is 19.5 Å². The van der Waals surface area contributed by atoms with Crippen molar-refractivity contribution in [2.45, 2.75) is 70.5 Å². The van der Waals surface area contributed by atoms with E-state index in [2.05, 4.69) is 10.6 Å². The maximum atomic E-state index is 10.7. The van der Waals surface area contributed by atoms with Gasteiger partial charge in [-0.2, -0.15) is 0 Å². The van der Waals surface area contributed by atoms with Gasteiger partial charge in [-0.1, -0.05) is 0 Å². The highest BCUT2D eigenvalue weighted by Crippen LogP contribution is 2.27. The lowest BCUT2D eigenvalue weighted by Crippen LogP contribution is -2.42. The van der Waals surface area contributed by atoms with Crippen molar-refractivity contribution in [3.05, 3.63) is 0 Å². The maximum Gasteiger partial charge on any atom is 0.306 e. The number of hydrogen-bond acceptors (Lipinski definition) is 6. The SMILES string of the molecule is CC(=O)C1CC(N)C1.CNC1CC(C(=O)O)C1.CNC1CC(C(C)=O)C1. The number of carboxylic acid groups (broad SMARTS) is 1. The lowest BCUT2D eigenvalue weighted by atomic mass is 9.78. The molecular formula is C19H35N3O4. The van der Waals surface area contributed by atoms with Gasteiger partial charge in [0, 0.05) is 30.0 Å². The van der Waals surface area contributed by atoms with Crippen molar-refractivity contribution >= 4 is 17.5 Å². The first-order chi connectivity index (χ1) is 12.2. The van der Waals surface area contributed by atoms with Crippen LogP contribution in [0.2, 0.25) is 0 Å². The van der Waals surface area contributed by atoms with Crippen molar-refractivity contribution in [1.29, 1.82) is 0 Å². The largest absolute Gasteiger partial charge is 0.481 e. The van der Waals surface area contributed by atoms with Gasteiger partial charge < -0.3 is 21.5 Å². The van der Waals surface area contributed by atoms with E-state index in [-0.39, 0.29) is 5.92 Å². The Morgan fingerprint density at radius 3 is 1.35 bits per heavy atom. The first-order valence-corrected chi connectivity index (χ1v) is 9.51. The summed E-state index contributed by atoms with van der Waals surface area (Å²) >= 11 is 0. The lowest BCUT2D eigenvalue weighted by Gasteiger charge is -2.32. The number of nitrogens with one attached hydrogen (secondary N) is 2. The van der Waals surface area contributed by atoms with E-state index in [0.717, 1.165) is 38.5 Å². The Morgan fingerprint density at radius 2 is 1.12 bits per heavy atom. The minimum absolute atomic E-state index is 0.0811. The number of Topliss-reactive ketones (excluding diaryl/α,β-unsaturated/α-hetero) is 2. The molecular weight excluding hydrogens is 334 g/mol. The summed E-state index contributed by atoms with van der Waals surface area (Å²) in [6, 6.07) is 1.37. The first kappa shape index (κ1) is 22.7. The topological polar surface area (TPSA) is 122 Å². The molecule has 3 aliphatic carbocycles. The number of aliphatic carboxylic acids is 1. The Bertz CT molecular complexity index is 449. The van der Waals surface area contributed by atoms with Crippen LogP contribution >= 0.6 is 0 Å². The fraction of sp³-hybridized carbons (Fsp3) is 0.842. The predicted molar refractivity (Wildman–Crippen MR) is 101 cm³/mol. The van der Waals surface area contributed by atoms with Crippen molar-refractivity contribution in [3.63, 3.8) is 0 Å². The van der Waals surface area contributed by atoms with E-state index in [9.17, 15) is 14.4 Å². The molecule has 0 aromatic heterocycles. The molecule has 0 saturated heterocycles. The summed E-state index contributed by atoms with van der Waals surface area (Å²) in [5.41, 5.74) is 5.45. The first-order valence-electron chi connectivity index (χ1n) is 9.51. The number of carbonyl (C=O) groups excluding carboxylic acids is 2. The minimum Gasteiger partial charge on any atom is -0.481 e. The second kappa shape index (κ2) is 10.7. The number of hydrogen-bond donors (Lipinski definition) is 4. The molecule has 0 atom stereocenters. The smallest absolute Gasteiger partial charge is 0.306 e. The molecule has 0 bridgehead atoms. The molecule has 3 saturated carbocycles. The normalized spacial score (nSPS) is 34.3. The molecule has 0 heterocycles. The average Bonchev–Trinajstić information content (AvgIpc) is 2.42. The third-order valence-electron chi connectivity index (χ3n) is 5.77. The van der Waals surface area contributed by atoms with E-state index in [1.807, 2.05) is 14.1 Å². The molecule has 7 nitrogen and oxygen atoms in total. The van der Waals surface area contributed by atoms with Crippen LogP contribution in [0.5, 0.6) is 0 Å². The van der Waals surface area contributed by atoms with E-state index < -0.39 is 5.97 Å². The Morgan fingerprint density at radius 1 is 0.769 bits per heavy atom. The Hall–Kier alpha value is -1.31. The van der Waals surface area contributed by atoms with E-state index in [0.29, 0.717) is 41.5 Å². The second-order valence-electron chi connectivity index (χ2n) is 7.80. The van der Waals surface area contributed by atoms with Gasteiger partial charge >= 0.3 is 5.97 Å². The van der Waals surface area contributed by atoms with Gasteiger partial charge in [-0.15, -0.1) is 0 Å². The molecule has 26 heavy (non-hydrogen) atoms. The fourth-order valence-corrected chi connectivity index (χ4v) is 3.23. The summed E-state index contributed by atoms with van der Waals surface area (Å²) in [7, 11) is 3.81. The molecule has 0 aromatic rings. The maximum absolute atomic E-state index is 10.7. The zero-order chi connectivity index (χ0) is 19.9. The molecule has 3 fully saturated rings. The minimum atomic E-state index is -0.651. The molecule has 5 N–H and O–H groups in total. The molecule has 3 aliphatic rings. The number of ketones is 2. The van der Waals surface area contributed by atoms with Crippen LogP contribution in [-0.2, 0) is 14.4 Å². The monoisotopic (exact) mass is 369 g/mol. The quantitative estimate of drug-likeness (QED) is 0.569. The Labute approximate surface area is 156 Å². The Kier molecular flexibility index (Phi) is 9.39. The van der Waals surface area contributed by atoms with Gasteiger partial charge in [0.15, 0.2) is 0 Å². The van der Waals surface area contributed by atoms with E-state index >= 15 is 0 Å². The van der Waals surface area contributed by atoms with E-state index in [1.165, 1.54) is 0 Å². The third kappa shape index (κ3) is 7.13.